The highest BCUT2D eigenvalue weighted by Gasteiger charge is 2.32. The van der Waals surface area contributed by atoms with Crippen molar-refractivity contribution in [3.63, 3.8) is 0 Å². The number of alkyl halides is 3. The Balaban J connectivity index is 1.10. The fourth-order valence-electron chi connectivity index (χ4n) is 4.80. The SMILES string of the molecule is N#Cc1ccc(-c2ccc(OC(=O)CCCCCCCCC(=O)Oc3ccc(-c4ccc(OC(F)(F)F)c(F)c4)c(F)c3)cc2F)cc1. The average molecular weight is 670 g/mol. The van der Waals surface area contributed by atoms with Crippen molar-refractivity contribution in [2.75, 3.05) is 0 Å². The quantitative estimate of drug-likeness (QED) is 0.0575. The van der Waals surface area contributed by atoms with Crippen molar-refractivity contribution in [1.82, 2.24) is 0 Å². The summed E-state index contributed by atoms with van der Waals surface area (Å²) in [6.45, 7) is 0. The van der Waals surface area contributed by atoms with Crippen LogP contribution in [0, 0.1) is 28.8 Å². The number of nitrogens with zero attached hydrogens (tertiary/aromatic N) is 1. The molecule has 0 fully saturated rings. The molecule has 0 radical (unpaired) electrons. The first-order valence-electron chi connectivity index (χ1n) is 15.0. The van der Waals surface area contributed by atoms with Gasteiger partial charge in [0.15, 0.2) is 11.6 Å². The third-order valence-corrected chi connectivity index (χ3v) is 7.15. The molecule has 250 valence electrons. The number of rotatable bonds is 14. The normalized spacial score (nSPS) is 11.1. The van der Waals surface area contributed by atoms with Crippen molar-refractivity contribution in [2.24, 2.45) is 0 Å². The maximum atomic E-state index is 14.6. The second-order valence-corrected chi connectivity index (χ2v) is 10.7. The van der Waals surface area contributed by atoms with Crippen molar-refractivity contribution < 1.29 is 50.1 Å². The molecule has 12 heteroatoms. The number of benzene rings is 4. The lowest BCUT2D eigenvalue weighted by Gasteiger charge is -2.11. The van der Waals surface area contributed by atoms with E-state index in [1.54, 1.807) is 24.3 Å². The number of nitriles is 1. The Labute approximate surface area is 272 Å². The summed E-state index contributed by atoms with van der Waals surface area (Å²) in [5.41, 5.74) is 1.24. The molecular weight excluding hydrogens is 640 g/mol. The minimum Gasteiger partial charge on any atom is -0.426 e. The van der Waals surface area contributed by atoms with Crippen LogP contribution < -0.4 is 14.2 Å². The van der Waals surface area contributed by atoms with Crippen molar-refractivity contribution >= 4 is 11.9 Å². The van der Waals surface area contributed by atoms with Crippen LogP contribution in [0.4, 0.5) is 26.3 Å². The van der Waals surface area contributed by atoms with Crippen LogP contribution in [0.5, 0.6) is 17.2 Å². The van der Waals surface area contributed by atoms with E-state index in [4.69, 9.17) is 14.7 Å². The fraction of sp³-hybridized carbons (Fsp3) is 0.250. The fourth-order valence-corrected chi connectivity index (χ4v) is 4.80. The molecule has 0 saturated carbocycles. The largest absolute Gasteiger partial charge is 0.573 e. The van der Waals surface area contributed by atoms with E-state index in [0.29, 0.717) is 35.6 Å². The zero-order chi connectivity index (χ0) is 34.7. The highest BCUT2D eigenvalue weighted by Crippen LogP contribution is 2.32. The maximum Gasteiger partial charge on any atom is 0.573 e. The topological polar surface area (TPSA) is 85.6 Å². The molecular formula is C36H29F6NO5. The first kappa shape index (κ1) is 35.5. The molecule has 4 aromatic carbocycles. The van der Waals surface area contributed by atoms with E-state index in [-0.39, 0.29) is 35.5 Å². The van der Waals surface area contributed by atoms with Crippen LogP contribution in [0.3, 0.4) is 0 Å². The average Bonchev–Trinajstić information content (AvgIpc) is 3.03. The first-order valence-corrected chi connectivity index (χ1v) is 15.0. The number of unbranched alkanes of at least 4 members (excludes halogenated alkanes) is 5. The third kappa shape index (κ3) is 10.6. The summed E-state index contributed by atoms with van der Waals surface area (Å²) < 4.78 is 94.3. The number of hydrogen-bond acceptors (Lipinski definition) is 6. The second kappa shape index (κ2) is 16.5. The molecule has 6 nitrogen and oxygen atoms in total. The van der Waals surface area contributed by atoms with Crippen molar-refractivity contribution in [3.05, 3.63) is 102 Å². The minimum atomic E-state index is -5.08. The lowest BCUT2D eigenvalue weighted by atomic mass is 10.0. The first-order chi connectivity index (χ1) is 22.9. The molecule has 0 heterocycles. The van der Waals surface area contributed by atoms with Gasteiger partial charge < -0.3 is 14.2 Å². The molecule has 0 amide bonds. The van der Waals surface area contributed by atoms with E-state index in [0.717, 1.165) is 49.9 Å². The predicted octanol–water partition coefficient (Wildman–Crippen LogP) is 9.84. The summed E-state index contributed by atoms with van der Waals surface area (Å²) in [6.07, 6.45) is -0.646. The molecule has 0 unspecified atom stereocenters. The van der Waals surface area contributed by atoms with E-state index in [9.17, 15) is 35.9 Å². The number of hydrogen-bond donors (Lipinski definition) is 0. The van der Waals surface area contributed by atoms with Gasteiger partial charge in [0, 0.05) is 36.1 Å². The molecule has 0 spiro atoms. The number of carbonyl (C=O) groups is 2. The summed E-state index contributed by atoms with van der Waals surface area (Å²) >= 11 is 0. The van der Waals surface area contributed by atoms with Crippen LogP contribution in [-0.4, -0.2) is 18.3 Å². The van der Waals surface area contributed by atoms with Gasteiger partial charge in [0.1, 0.15) is 23.1 Å². The van der Waals surface area contributed by atoms with Gasteiger partial charge >= 0.3 is 18.3 Å². The molecule has 0 aliphatic heterocycles. The number of carbonyl (C=O) groups excluding carboxylic acids is 2. The number of ether oxygens (including phenoxy) is 3. The van der Waals surface area contributed by atoms with Gasteiger partial charge in [-0.1, -0.05) is 43.9 Å². The highest BCUT2D eigenvalue weighted by atomic mass is 19.4. The van der Waals surface area contributed by atoms with E-state index >= 15 is 0 Å². The lowest BCUT2D eigenvalue weighted by molar-refractivity contribution is -0.275. The smallest absolute Gasteiger partial charge is 0.426 e. The second-order valence-electron chi connectivity index (χ2n) is 10.7. The molecule has 4 rings (SSSR count). The summed E-state index contributed by atoms with van der Waals surface area (Å²) in [5.74, 6) is -4.81. The van der Waals surface area contributed by atoms with Gasteiger partial charge in [-0.2, -0.15) is 5.26 Å². The molecule has 0 aromatic heterocycles. The molecule has 48 heavy (non-hydrogen) atoms. The van der Waals surface area contributed by atoms with Crippen LogP contribution >= 0.6 is 0 Å². The molecule has 0 aliphatic rings. The Morgan fingerprint density at radius 1 is 0.604 bits per heavy atom. The third-order valence-electron chi connectivity index (χ3n) is 7.15. The minimum absolute atomic E-state index is 0.0312. The Kier molecular flexibility index (Phi) is 12.2. The van der Waals surface area contributed by atoms with Gasteiger partial charge in [-0.3, -0.25) is 9.59 Å². The van der Waals surface area contributed by atoms with E-state index < -0.39 is 41.5 Å². The van der Waals surface area contributed by atoms with Crippen LogP contribution in [-0.2, 0) is 9.59 Å². The van der Waals surface area contributed by atoms with Gasteiger partial charge in [-0.05, 0) is 72.5 Å². The summed E-state index contributed by atoms with van der Waals surface area (Å²) in [5, 5.41) is 8.90. The predicted molar refractivity (Wildman–Crippen MR) is 163 cm³/mol. The highest BCUT2D eigenvalue weighted by molar-refractivity contribution is 5.74. The van der Waals surface area contributed by atoms with Crippen molar-refractivity contribution in [3.8, 4) is 45.6 Å². The zero-order valence-corrected chi connectivity index (χ0v) is 25.4. The number of esters is 2. The molecule has 4 aromatic rings. The van der Waals surface area contributed by atoms with Crippen LogP contribution in [0.1, 0.15) is 56.9 Å². The van der Waals surface area contributed by atoms with Crippen LogP contribution in [0.15, 0.2) is 78.9 Å². The molecule has 0 N–H and O–H groups in total. The Morgan fingerprint density at radius 3 is 1.54 bits per heavy atom. The van der Waals surface area contributed by atoms with Gasteiger partial charge in [0.05, 0.1) is 11.6 Å². The lowest BCUT2D eigenvalue weighted by Crippen LogP contribution is -2.17. The Bertz CT molecular complexity index is 1780. The van der Waals surface area contributed by atoms with E-state index in [2.05, 4.69) is 4.74 Å². The number of halogens is 6. The molecule has 0 saturated heterocycles. The zero-order valence-electron chi connectivity index (χ0n) is 25.4. The van der Waals surface area contributed by atoms with Crippen LogP contribution in [0.2, 0.25) is 0 Å². The summed E-state index contributed by atoms with van der Waals surface area (Å²) in [6, 6.07) is 18.6. The van der Waals surface area contributed by atoms with Crippen molar-refractivity contribution in [2.45, 2.75) is 57.7 Å². The van der Waals surface area contributed by atoms with Gasteiger partial charge in [-0.25, -0.2) is 13.2 Å². The van der Waals surface area contributed by atoms with E-state index in [1.165, 1.54) is 24.3 Å². The summed E-state index contributed by atoms with van der Waals surface area (Å²) in [4.78, 5) is 24.4. The maximum absolute atomic E-state index is 14.6. The summed E-state index contributed by atoms with van der Waals surface area (Å²) in [7, 11) is 0. The molecule has 0 aliphatic carbocycles. The monoisotopic (exact) mass is 669 g/mol. The van der Waals surface area contributed by atoms with E-state index in [1.807, 2.05) is 6.07 Å². The van der Waals surface area contributed by atoms with Crippen LogP contribution in [0.25, 0.3) is 22.3 Å². The van der Waals surface area contributed by atoms with Gasteiger partial charge in [0.25, 0.3) is 0 Å². The standard InChI is InChI=1S/C36H29F6NO5/c37-30-20-26(14-16-28(30)24-11-9-23(22-43)10-12-24)46-34(44)7-5-3-1-2-4-6-8-35(45)47-27-15-17-29(31(38)21-27)25-13-18-33(32(39)19-25)48-36(40,41)42/h9-21H,1-8H2. The van der Waals surface area contributed by atoms with Gasteiger partial charge in [-0.15, -0.1) is 13.2 Å². The van der Waals surface area contributed by atoms with Gasteiger partial charge in [0.2, 0.25) is 0 Å². The molecule has 0 atom stereocenters. The Hall–Kier alpha value is -5.31. The molecule has 0 bridgehead atoms. The Morgan fingerprint density at radius 2 is 1.08 bits per heavy atom. The van der Waals surface area contributed by atoms with Crippen molar-refractivity contribution in [1.29, 1.82) is 5.26 Å².